The molecule has 1 aromatic heterocycles. The van der Waals surface area contributed by atoms with Crippen LogP contribution in [0.25, 0.3) is 0 Å². The summed E-state index contributed by atoms with van der Waals surface area (Å²) >= 11 is 3.38. The maximum Gasteiger partial charge on any atom is 0.319 e. The maximum atomic E-state index is 12.3. The first kappa shape index (κ1) is 19.6. The van der Waals surface area contributed by atoms with Crippen molar-refractivity contribution in [1.82, 2.24) is 15.6 Å². The zero-order valence-electron chi connectivity index (χ0n) is 15.0. The number of halogens is 1. The lowest BCUT2D eigenvalue weighted by Gasteiger charge is -2.09. The predicted molar refractivity (Wildman–Crippen MR) is 112 cm³/mol. The van der Waals surface area contributed by atoms with Gasteiger partial charge in [0.15, 0.2) is 0 Å². The second kappa shape index (κ2) is 9.66. The van der Waals surface area contributed by atoms with Crippen molar-refractivity contribution in [3.05, 3.63) is 94.2 Å². The van der Waals surface area contributed by atoms with Crippen LogP contribution in [0.2, 0.25) is 0 Å². The van der Waals surface area contributed by atoms with Crippen molar-refractivity contribution >= 4 is 33.6 Å². The van der Waals surface area contributed by atoms with E-state index in [1.165, 1.54) is 0 Å². The fourth-order valence-corrected chi connectivity index (χ4v) is 2.71. The first-order chi connectivity index (χ1) is 13.6. The molecule has 0 fully saturated rings. The van der Waals surface area contributed by atoms with E-state index < -0.39 is 0 Å². The van der Waals surface area contributed by atoms with Gasteiger partial charge in [0.05, 0.1) is 0 Å². The van der Waals surface area contributed by atoms with Crippen LogP contribution in [0.3, 0.4) is 0 Å². The lowest BCUT2D eigenvalue weighted by atomic mass is 10.2. The summed E-state index contributed by atoms with van der Waals surface area (Å²) in [6, 6.07) is 17.9. The van der Waals surface area contributed by atoms with Crippen LogP contribution in [0.4, 0.5) is 10.5 Å². The monoisotopic (exact) mass is 438 g/mol. The van der Waals surface area contributed by atoms with Crippen molar-refractivity contribution in [3.8, 4) is 0 Å². The van der Waals surface area contributed by atoms with Gasteiger partial charge in [-0.2, -0.15) is 0 Å². The van der Waals surface area contributed by atoms with Crippen molar-refractivity contribution in [1.29, 1.82) is 0 Å². The zero-order chi connectivity index (χ0) is 19.8. The summed E-state index contributed by atoms with van der Waals surface area (Å²) in [5.41, 5.74) is 3.11. The number of rotatable bonds is 6. The van der Waals surface area contributed by atoms with Crippen molar-refractivity contribution in [2.24, 2.45) is 0 Å². The molecule has 0 atom stereocenters. The van der Waals surface area contributed by atoms with Crippen LogP contribution in [0.1, 0.15) is 21.5 Å². The van der Waals surface area contributed by atoms with Crippen molar-refractivity contribution in [3.63, 3.8) is 0 Å². The Morgan fingerprint density at radius 1 is 0.786 bits per heavy atom. The Hall–Kier alpha value is -3.19. The van der Waals surface area contributed by atoms with Gasteiger partial charge >= 0.3 is 6.03 Å². The van der Waals surface area contributed by atoms with E-state index in [-0.39, 0.29) is 11.9 Å². The van der Waals surface area contributed by atoms with E-state index >= 15 is 0 Å². The van der Waals surface area contributed by atoms with Crippen molar-refractivity contribution in [2.75, 3.05) is 5.32 Å². The van der Waals surface area contributed by atoms with Crippen LogP contribution >= 0.6 is 15.9 Å². The zero-order valence-corrected chi connectivity index (χ0v) is 16.6. The molecule has 0 spiro atoms. The summed E-state index contributed by atoms with van der Waals surface area (Å²) in [6.45, 7) is 0.856. The molecule has 3 amide bonds. The van der Waals surface area contributed by atoms with E-state index in [9.17, 15) is 9.59 Å². The molecule has 0 aliphatic carbocycles. The van der Waals surface area contributed by atoms with Gasteiger partial charge in [-0.25, -0.2) is 4.79 Å². The average Bonchev–Trinajstić information content (AvgIpc) is 2.73. The van der Waals surface area contributed by atoms with Crippen LogP contribution in [0, 0.1) is 0 Å². The van der Waals surface area contributed by atoms with E-state index in [1.54, 1.807) is 36.7 Å². The van der Waals surface area contributed by atoms with E-state index in [0.717, 1.165) is 15.6 Å². The van der Waals surface area contributed by atoms with Gasteiger partial charge in [0, 0.05) is 41.2 Å². The first-order valence-corrected chi connectivity index (χ1v) is 9.46. The molecule has 3 aromatic rings. The molecule has 0 radical (unpaired) electrons. The Labute approximate surface area is 171 Å². The third-order valence-corrected chi connectivity index (χ3v) is 4.50. The molecule has 0 aliphatic heterocycles. The molecule has 6 nitrogen and oxygen atoms in total. The van der Waals surface area contributed by atoms with Crippen molar-refractivity contribution in [2.45, 2.75) is 13.1 Å². The van der Waals surface area contributed by atoms with Gasteiger partial charge in [-0.05, 0) is 59.7 Å². The highest BCUT2D eigenvalue weighted by Gasteiger charge is 2.07. The molecule has 0 unspecified atom stereocenters. The number of aromatic nitrogens is 1. The minimum absolute atomic E-state index is 0.170. The summed E-state index contributed by atoms with van der Waals surface area (Å²) in [5.74, 6) is -0.170. The molecule has 28 heavy (non-hydrogen) atoms. The van der Waals surface area contributed by atoms with E-state index in [4.69, 9.17) is 0 Å². The lowest BCUT2D eigenvalue weighted by Crippen LogP contribution is -2.28. The van der Waals surface area contributed by atoms with Crippen LogP contribution in [-0.4, -0.2) is 16.9 Å². The Kier molecular flexibility index (Phi) is 6.75. The van der Waals surface area contributed by atoms with Gasteiger partial charge in [0.1, 0.15) is 0 Å². The summed E-state index contributed by atoms with van der Waals surface area (Å²) in [7, 11) is 0. The SMILES string of the molecule is O=C(NCc1ccncc1)Nc1ccc(C(=O)NCc2ccc(Br)cc2)cc1. The summed E-state index contributed by atoms with van der Waals surface area (Å²) in [4.78, 5) is 28.2. The molecule has 3 rings (SSSR count). The van der Waals surface area contributed by atoms with Gasteiger partial charge in [0.25, 0.3) is 5.91 Å². The molecule has 142 valence electrons. The molecule has 0 saturated carbocycles. The van der Waals surface area contributed by atoms with Crippen LogP contribution in [-0.2, 0) is 13.1 Å². The second-order valence-corrected chi connectivity index (χ2v) is 6.97. The number of amides is 3. The predicted octanol–water partition coefficient (Wildman–Crippen LogP) is 4.10. The highest BCUT2D eigenvalue weighted by molar-refractivity contribution is 9.10. The number of hydrogen-bond acceptors (Lipinski definition) is 3. The molecule has 0 saturated heterocycles. The van der Waals surface area contributed by atoms with Gasteiger partial charge in [-0.3, -0.25) is 9.78 Å². The van der Waals surface area contributed by atoms with Crippen LogP contribution < -0.4 is 16.0 Å². The Morgan fingerprint density at radius 3 is 2.07 bits per heavy atom. The van der Waals surface area contributed by atoms with Crippen LogP contribution in [0.15, 0.2) is 77.5 Å². The third-order valence-electron chi connectivity index (χ3n) is 3.97. The number of benzene rings is 2. The fraction of sp³-hybridized carbons (Fsp3) is 0.0952. The summed E-state index contributed by atoms with van der Waals surface area (Å²) < 4.78 is 0.996. The van der Waals surface area contributed by atoms with E-state index in [0.29, 0.717) is 24.3 Å². The highest BCUT2D eigenvalue weighted by atomic mass is 79.9. The van der Waals surface area contributed by atoms with Crippen LogP contribution in [0.5, 0.6) is 0 Å². The normalized spacial score (nSPS) is 10.2. The minimum Gasteiger partial charge on any atom is -0.348 e. The Bertz CT molecular complexity index is 929. The standard InChI is InChI=1S/C21H19BrN4O2/c22-18-5-1-15(2-6-18)13-24-20(27)17-3-7-19(8-4-17)26-21(28)25-14-16-9-11-23-12-10-16/h1-12H,13-14H2,(H,24,27)(H2,25,26,28). The number of urea groups is 1. The molecule has 1 heterocycles. The number of anilines is 1. The van der Waals surface area contributed by atoms with Gasteiger partial charge < -0.3 is 16.0 Å². The number of nitrogens with zero attached hydrogens (tertiary/aromatic N) is 1. The summed E-state index contributed by atoms with van der Waals surface area (Å²) in [5, 5.41) is 8.38. The number of hydrogen-bond donors (Lipinski definition) is 3. The number of nitrogens with one attached hydrogen (secondary N) is 3. The fourth-order valence-electron chi connectivity index (χ4n) is 2.45. The first-order valence-electron chi connectivity index (χ1n) is 8.66. The van der Waals surface area contributed by atoms with Gasteiger partial charge in [-0.15, -0.1) is 0 Å². The summed E-state index contributed by atoms with van der Waals surface area (Å²) in [6.07, 6.45) is 3.35. The van der Waals surface area contributed by atoms with Gasteiger partial charge in [-0.1, -0.05) is 28.1 Å². The minimum atomic E-state index is -0.316. The molecule has 7 heteroatoms. The average molecular weight is 439 g/mol. The topological polar surface area (TPSA) is 83.1 Å². The maximum absolute atomic E-state index is 12.3. The third kappa shape index (κ3) is 5.92. The Balaban J connectivity index is 1.47. The molecule has 0 bridgehead atoms. The number of pyridine rings is 1. The molecular weight excluding hydrogens is 420 g/mol. The van der Waals surface area contributed by atoms with Crippen molar-refractivity contribution < 1.29 is 9.59 Å². The lowest BCUT2D eigenvalue weighted by molar-refractivity contribution is 0.0951. The van der Waals surface area contributed by atoms with Gasteiger partial charge in [0.2, 0.25) is 0 Å². The molecular formula is C21H19BrN4O2. The highest BCUT2D eigenvalue weighted by Crippen LogP contribution is 2.12. The smallest absolute Gasteiger partial charge is 0.319 e. The van der Waals surface area contributed by atoms with E-state index in [1.807, 2.05) is 36.4 Å². The molecule has 2 aromatic carbocycles. The second-order valence-electron chi connectivity index (χ2n) is 6.05. The largest absolute Gasteiger partial charge is 0.348 e. The number of carbonyl (C=O) groups is 2. The number of carbonyl (C=O) groups excluding carboxylic acids is 2. The molecule has 3 N–H and O–H groups in total. The van der Waals surface area contributed by atoms with E-state index in [2.05, 4.69) is 36.9 Å². The molecule has 0 aliphatic rings. The Morgan fingerprint density at radius 2 is 1.39 bits per heavy atom. The quantitative estimate of drug-likeness (QED) is 0.541.